The highest BCUT2D eigenvalue weighted by Crippen LogP contribution is 2.30. The van der Waals surface area contributed by atoms with Crippen molar-refractivity contribution in [2.24, 2.45) is 0 Å². The molecule has 1 amide bonds. The Morgan fingerprint density at radius 3 is 2.88 bits per heavy atom. The number of rotatable bonds is 6. The average molecular weight is 403 g/mol. The number of hydrogen-bond donors (Lipinski definition) is 0. The van der Waals surface area contributed by atoms with Gasteiger partial charge < -0.3 is 4.42 Å². The third-order valence-corrected chi connectivity index (χ3v) is 6.31. The average Bonchev–Trinajstić information content (AvgIpc) is 3.39. The van der Waals surface area contributed by atoms with E-state index in [2.05, 4.69) is 15.2 Å². The molecule has 0 saturated carbocycles. The minimum atomic E-state index is -0.0348. The molecule has 0 aliphatic rings. The van der Waals surface area contributed by atoms with Gasteiger partial charge in [-0.25, -0.2) is 4.98 Å². The molecule has 26 heavy (non-hydrogen) atoms. The Morgan fingerprint density at radius 1 is 1.23 bits per heavy atom. The summed E-state index contributed by atoms with van der Waals surface area (Å²) in [7, 11) is 0. The Hall–Kier alpha value is -2.23. The lowest BCUT2D eigenvalue weighted by Gasteiger charge is -2.16. The summed E-state index contributed by atoms with van der Waals surface area (Å²) < 4.78 is 6.68. The highest BCUT2D eigenvalue weighted by Gasteiger charge is 2.19. The first-order chi connectivity index (χ1) is 12.7. The van der Waals surface area contributed by atoms with Gasteiger partial charge in [0.1, 0.15) is 0 Å². The Kier molecular flexibility index (Phi) is 5.00. The third kappa shape index (κ3) is 3.50. The molecule has 3 heterocycles. The number of amides is 1. The lowest BCUT2D eigenvalue weighted by Crippen LogP contribution is -2.32. The van der Waals surface area contributed by atoms with Crippen molar-refractivity contribution in [3.63, 3.8) is 0 Å². The molecule has 3 aromatic heterocycles. The van der Waals surface area contributed by atoms with Crippen molar-refractivity contribution in [2.75, 3.05) is 17.2 Å². The van der Waals surface area contributed by atoms with E-state index in [1.807, 2.05) is 48.7 Å². The molecule has 4 aromatic rings. The van der Waals surface area contributed by atoms with Crippen LogP contribution in [0.1, 0.15) is 6.92 Å². The first-order valence-corrected chi connectivity index (χ1v) is 10.6. The fourth-order valence-corrected chi connectivity index (χ4v) is 4.69. The van der Waals surface area contributed by atoms with Gasteiger partial charge in [-0.1, -0.05) is 41.3 Å². The summed E-state index contributed by atoms with van der Waals surface area (Å²) >= 11 is 4.29. The van der Waals surface area contributed by atoms with Gasteiger partial charge >= 0.3 is 0 Å². The van der Waals surface area contributed by atoms with Gasteiger partial charge in [0.2, 0.25) is 5.91 Å². The minimum Gasteiger partial charge on any atom is -0.410 e. The molecule has 0 unspecified atom stereocenters. The predicted octanol–water partition coefficient (Wildman–Crippen LogP) is 4.55. The molecule has 9 heteroatoms. The summed E-state index contributed by atoms with van der Waals surface area (Å²) in [6.07, 6.45) is 0. The van der Waals surface area contributed by atoms with Crippen LogP contribution in [0.2, 0.25) is 0 Å². The molecule has 0 N–H and O–H groups in total. The number of carbonyl (C=O) groups excluding carboxylic acids is 1. The van der Waals surface area contributed by atoms with Crippen molar-refractivity contribution >= 4 is 55.7 Å². The third-order valence-electron chi connectivity index (χ3n) is 3.59. The summed E-state index contributed by atoms with van der Waals surface area (Å²) in [6.45, 7) is 2.50. The van der Waals surface area contributed by atoms with Crippen molar-refractivity contribution in [3.8, 4) is 10.8 Å². The van der Waals surface area contributed by atoms with Crippen LogP contribution in [-0.4, -0.2) is 33.4 Å². The first kappa shape index (κ1) is 17.2. The number of nitrogens with zero attached hydrogens (tertiary/aromatic N) is 4. The van der Waals surface area contributed by atoms with E-state index in [0.717, 1.165) is 15.1 Å². The van der Waals surface area contributed by atoms with Crippen LogP contribution in [0.3, 0.4) is 0 Å². The molecule has 132 valence electrons. The highest BCUT2D eigenvalue weighted by atomic mass is 32.2. The predicted molar refractivity (Wildman–Crippen MR) is 106 cm³/mol. The maximum Gasteiger partial charge on any atom is 0.277 e. The van der Waals surface area contributed by atoms with E-state index in [1.54, 1.807) is 4.90 Å². The zero-order chi connectivity index (χ0) is 17.9. The van der Waals surface area contributed by atoms with Crippen LogP contribution in [0.25, 0.3) is 21.0 Å². The fraction of sp³-hybridized carbons (Fsp3) is 0.176. The zero-order valence-corrected chi connectivity index (χ0v) is 16.2. The van der Waals surface area contributed by atoms with E-state index >= 15 is 0 Å². The van der Waals surface area contributed by atoms with Gasteiger partial charge in [-0.15, -0.1) is 21.5 Å². The van der Waals surface area contributed by atoms with Crippen LogP contribution in [0.5, 0.6) is 0 Å². The molecule has 0 radical (unpaired) electrons. The van der Waals surface area contributed by atoms with Gasteiger partial charge in [0, 0.05) is 6.54 Å². The lowest BCUT2D eigenvalue weighted by molar-refractivity contribution is -0.116. The summed E-state index contributed by atoms with van der Waals surface area (Å²) in [5.41, 5.74) is 0.906. The number of para-hydroxylation sites is 1. The molecule has 0 bridgehead atoms. The highest BCUT2D eigenvalue weighted by molar-refractivity contribution is 7.99. The molecule has 4 rings (SSSR count). The fourth-order valence-electron chi connectivity index (χ4n) is 2.36. The second-order valence-corrected chi connectivity index (χ2v) is 8.12. The number of carbonyl (C=O) groups is 1. The van der Waals surface area contributed by atoms with Gasteiger partial charge in [-0.2, -0.15) is 0 Å². The van der Waals surface area contributed by atoms with Crippen LogP contribution in [-0.2, 0) is 4.79 Å². The molecule has 0 atom stereocenters. The van der Waals surface area contributed by atoms with Crippen LogP contribution in [0, 0.1) is 0 Å². The van der Waals surface area contributed by atoms with Crippen molar-refractivity contribution in [1.29, 1.82) is 0 Å². The van der Waals surface area contributed by atoms with Crippen LogP contribution >= 0.6 is 34.4 Å². The molecular weight excluding hydrogens is 388 g/mol. The minimum absolute atomic E-state index is 0.0348. The van der Waals surface area contributed by atoms with Crippen LogP contribution in [0.4, 0.5) is 5.13 Å². The number of benzene rings is 1. The van der Waals surface area contributed by atoms with Gasteiger partial charge in [-0.3, -0.25) is 9.69 Å². The summed E-state index contributed by atoms with van der Waals surface area (Å²) in [5.74, 6) is 0.663. The Morgan fingerprint density at radius 2 is 2.12 bits per heavy atom. The van der Waals surface area contributed by atoms with Gasteiger partial charge in [0.05, 0.1) is 20.8 Å². The first-order valence-electron chi connectivity index (χ1n) is 7.90. The number of aromatic nitrogens is 3. The largest absolute Gasteiger partial charge is 0.410 e. The van der Waals surface area contributed by atoms with Crippen molar-refractivity contribution in [2.45, 2.75) is 12.1 Å². The number of anilines is 1. The molecule has 0 aliphatic heterocycles. The van der Waals surface area contributed by atoms with Crippen molar-refractivity contribution < 1.29 is 9.21 Å². The van der Waals surface area contributed by atoms with E-state index in [0.29, 0.717) is 22.8 Å². The molecule has 6 nitrogen and oxygen atoms in total. The van der Waals surface area contributed by atoms with E-state index in [1.165, 1.54) is 34.4 Å². The summed E-state index contributed by atoms with van der Waals surface area (Å²) in [5, 5.41) is 11.1. The second-order valence-electron chi connectivity index (χ2n) is 5.24. The summed E-state index contributed by atoms with van der Waals surface area (Å²) in [6, 6.07) is 11.7. The molecular formula is C17H14N4O2S3. The number of thioether (sulfide) groups is 1. The van der Waals surface area contributed by atoms with E-state index in [9.17, 15) is 4.79 Å². The number of thiazole rings is 1. The van der Waals surface area contributed by atoms with Gasteiger partial charge in [-0.05, 0) is 30.5 Å². The summed E-state index contributed by atoms with van der Waals surface area (Å²) in [4.78, 5) is 19.8. The number of thiophene rings is 1. The number of hydrogen-bond acceptors (Lipinski definition) is 8. The maximum absolute atomic E-state index is 12.6. The second kappa shape index (κ2) is 7.56. The molecule has 0 spiro atoms. The zero-order valence-electron chi connectivity index (χ0n) is 13.8. The normalized spacial score (nSPS) is 11.1. The monoisotopic (exact) mass is 402 g/mol. The van der Waals surface area contributed by atoms with Crippen LogP contribution < -0.4 is 4.90 Å². The van der Waals surface area contributed by atoms with Crippen LogP contribution in [0.15, 0.2) is 51.4 Å². The topological polar surface area (TPSA) is 72.1 Å². The smallest absolute Gasteiger partial charge is 0.277 e. The van der Waals surface area contributed by atoms with E-state index in [-0.39, 0.29) is 11.7 Å². The van der Waals surface area contributed by atoms with Crippen molar-refractivity contribution in [1.82, 2.24) is 15.2 Å². The van der Waals surface area contributed by atoms with Crippen molar-refractivity contribution in [3.05, 3.63) is 41.8 Å². The quantitative estimate of drug-likeness (QED) is 0.441. The maximum atomic E-state index is 12.6. The standard InChI is InChI=1S/C17H14N4O2S3/c1-2-21(16-18-11-6-3-4-7-12(11)26-16)14(22)10-25-17-20-19-15(23-17)13-8-5-9-24-13/h3-9H,2,10H2,1H3. The van der Waals surface area contributed by atoms with Gasteiger partial charge in [0.15, 0.2) is 5.13 Å². The Balaban J connectivity index is 1.44. The van der Waals surface area contributed by atoms with Gasteiger partial charge in [0.25, 0.3) is 11.1 Å². The SMILES string of the molecule is CCN(C(=O)CSc1nnc(-c2cccs2)o1)c1nc2ccccc2s1. The molecule has 0 saturated heterocycles. The Bertz CT molecular complexity index is 993. The molecule has 1 aromatic carbocycles. The molecule has 0 fully saturated rings. The Labute approximate surface area is 161 Å². The number of fused-ring (bicyclic) bond motifs is 1. The van der Waals surface area contributed by atoms with E-state index < -0.39 is 0 Å². The lowest BCUT2D eigenvalue weighted by atomic mass is 10.3. The molecule has 0 aliphatic carbocycles. The van der Waals surface area contributed by atoms with E-state index in [4.69, 9.17) is 4.42 Å².